The molecule has 18 heavy (non-hydrogen) atoms. The molecule has 2 N–H and O–H groups in total. The molecule has 0 radical (unpaired) electrons. The van der Waals surface area contributed by atoms with Gasteiger partial charge in [-0.1, -0.05) is 20.8 Å². The summed E-state index contributed by atoms with van der Waals surface area (Å²) in [7, 11) is 1.65. The zero-order chi connectivity index (χ0) is 13.3. The molecule has 1 heterocycles. The molecule has 3 heteroatoms. The first-order valence-electron chi connectivity index (χ1n) is 5.96. The van der Waals surface area contributed by atoms with E-state index >= 15 is 0 Å². The number of thiophene rings is 1. The van der Waals surface area contributed by atoms with Crippen LogP contribution in [-0.4, -0.2) is 7.11 Å². The number of rotatable bonds is 2. The van der Waals surface area contributed by atoms with E-state index in [1.165, 1.54) is 9.75 Å². The summed E-state index contributed by atoms with van der Waals surface area (Å²) in [6.07, 6.45) is 0. The van der Waals surface area contributed by atoms with Crippen molar-refractivity contribution in [3.05, 3.63) is 35.2 Å². The van der Waals surface area contributed by atoms with Crippen molar-refractivity contribution < 1.29 is 4.74 Å². The molecular formula is C15H19NOS. The van der Waals surface area contributed by atoms with Gasteiger partial charge in [-0.3, -0.25) is 0 Å². The number of anilines is 1. The van der Waals surface area contributed by atoms with Crippen LogP contribution in [0.25, 0.3) is 10.4 Å². The highest BCUT2D eigenvalue weighted by Crippen LogP contribution is 2.38. The normalized spacial score (nSPS) is 11.6. The van der Waals surface area contributed by atoms with Crippen molar-refractivity contribution in [2.75, 3.05) is 12.8 Å². The van der Waals surface area contributed by atoms with E-state index in [-0.39, 0.29) is 5.41 Å². The molecule has 0 atom stereocenters. The summed E-state index contributed by atoms with van der Waals surface area (Å²) in [6.45, 7) is 6.67. The van der Waals surface area contributed by atoms with E-state index in [1.54, 1.807) is 18.4 Å². The highest BCUT2D eigenvalue weighted by atomic mass is 32.1. The van der Waals surface area contributed by atoms with Gasteiger partial charge < -0.3 is 10.5 Å². The fourth-order valence-corrected chi connectivity index (χ4v) is 2.89. The van der Waals surface area contributed by atoms with Crippen LogP contribution >= 0.6 is 11.3 Å². The Morgan fingerprint density at radius 1 is 1.11 bits per heavy atom. The van der Waals surface area contributed by atoms with E-state index < -0.39 is 0 Å². The molecule has 1 aromatic carbocycles. The Morgan fingerprint density at radius 3 is 2.33 bits per heavy atom. The first-order valence-corrected chi connectivity index (χ1v) is 6.77. The fraction of sp³-hybridized carbons (Fsp3) is 0.333. The van der Waals surface area contributed by atoms with Crippen molar-refractivity contribution in [1.82, 2.24) is 0 Å². The average Bonchev–Trinajstić information content (AvgIpc) is 2.77. The van der Waals surface area contributed by atoms with Gasteiger partial charge in [0.1, 0.15) is 5.75 Å². The van der Waals surface area contributed by atoms with Gasteiger partial charge in [-0.2, -0.15) is 0 Å². The predicted molar refractivity (Wildman–Crippen MR) is 79.4 cm³/mol. The molecule has 2 aromatic rings. The lowest BCUT2D eigenvalue weighted by Crippen LogP contribution is -2.07. The van der Waals surface area contributed by atoms with Gasteiger partial charge in [0.2, 0.25) is 0 Å². The molecule has 2 rings (SSSR count). The lowest BCUT2D eigenvalue weighted by atomic mass is 9.95. The molecule has 0 aliphatic carbocycles. The Labute approximate surface area is 112 Å². The molecule has 96 valence electrons. The summed E-state index contributed by atoms with van der Waals surface area (Å²) in [5, 5.41) is 0. The molecule has 0 spiro atoms. The minimum atomic E-state index is 0.185. The second kappa shape index (κ2) is 4.65. The predicted octanol–water partition coefficient (Wildman–Crippen LogP) is 4.30. The maximum absolute atomic E-state index is 6.07. The van der Waals surface area contributed by atoms with Crippen LogP contribution in [0, 0.1) is 0 Å². The topological polar surface area (TPSA) is 35.2 Å². The van der Waals surface area contributed by atoms with Crippen LogP contribution in [0.4, 0.5) is 5.69 Å². The van der Waals surface area contributed by atoms with E-state index in [1.807, 2.05) is 18.2 Å². The Bertz CT molecular complexity index is 552. The van der Waals surface area contributed by atoms with Crippen molar-refractivity contribution in [2.45, 2.75) is 26.2 Å². The number of nitrogens with two attached hydrogens (primary N) is 1. The number of benzene rings is 1. The third-order valence-electron chi connectivity index (χ3n) is 2.87. The lowest BCUT2D eigenvalue weighted by Gasteiger charge is -2.15. The molecule has 0 aliphatic heterocycles. The molecule has 1 aromatic heterocycles. The van der Waals surface area contributed by atoms with Crippen molar-refractivity contribution >= 4 is 17.0 Å². The molecule has 0 amide bonds. The molecule has 0 fully saturated rings. The van der Waals surface area contributed by atoms with E-state index in [9.17, 15) is 0 Å². The smallest absolute Gasteiger partial charge is 0.120 e. The first-order chi connectivity index (χ1) is 8.41. The largest absolute Gasteiger partial charge is 0.497 e. The summed E-state index contributed by atoms with van der Waals surface area (Å²) in [5.74, 6) is 0.795. The van der Waals surface area contributed by atoms with Gasteiger partial charge in [-0.15, -0.1) is 11.3 Å². The summed E-state index contributed by atoms with van der Waals surface area (Å²) in [4.78, 5) is 2.58. The van der Waals surface area contributed by atoms with E-state index in [4.69, 9.17) is 10.5 Å². The quantitative estimate of drug-likeness (QED) is 0.818. The summed E-state index contributed by atoms with van der Waals surface area (Å²) in [5.41, 5.74) is 8.10. The van der Waals surface area contributed by atoms with Gasteiger partial charge in [0.05, 0.1) is 7.11 Å². The summed E-state index contributed by atoms with van der Waals surface area (Å²) in [6, 6.07) is 10.2. The zero-order valence-electron chi connectivity index (χ0n) is 11.3. The molecule has 0 unspecified atom stereocenters. The molecule has 2 nitrogen and oxygen atoms in total. The second-order valence-corrected chi connectivity index (χ2v) is 6.45. The number of hydrogen-bond donors (Lipinski definition) is 1. The van der Waals surface area contributed by atoms with Crippen LogP contribution in [-0.2, 0) is 5.41 Å². The third kappa shape index (κ3) is 2.51. The molecule has 0 bridgehead atoms. The first kappa shape index (κ1) is 13.0. The van der Waals surface area contributed by atoms with Gasteiger partial charge >= 0.3 is 0 Å². The lowest BCUT2D eigenvalue weighted by molar-refractivity contribution is 0.415. The molecule has 0 saturated carbocycles. The van der Waals surface area contributed by atoms with Crippen LogP contribution in [0.3, 0.4) is 0 Å². The van der Waals surface area contributed by atoms with E-state index in [2.05, 4.69) is 32.9 Å². The Balaban J connectivity index is 2.40. The number of nitrogen functional groups attached to an aromatic ring is 1. The van der Waals surface area contributed by atoms with Crippen molar-refractivity contribution in [3.8, 4) is 16.2 Å². The van der Waals surface area contributed by atoms with Crippen LogP contribution in [0.5, 0.6) is 5.75 Å². The number of methoxy groups -OCH3 is 1. The van der Waals surface area contributed by atoms with Crippen LogP contribution in [0.1, 0.15) is 25.6 Å². The Kier molecular flexibility index (Phi) is 3.35. The summed E-state index contributed by atoms with van der Waals surface area (Å²) < 4.78 is 5.17. The van der Waals surface area contributed by atoms with Crippen LogP contribution in [0.2, 0.25) is 0 Å². The number of hydrogen-bond acceptors (Lipinski definition) is 3. The van der Waals surface area contributed by atoms with Crippen LogP contribution in [0.15, 0.2) is 30.3 Å². The Morgan fingerprint density at radius 2 is 1.83 bits per heavy atom. The molecule has 0 saturated heterocycles. The minimum Gasteiger partial charge on any atom is -0.497 e. The minimum absolute atomic E-state index is 0.185. The maximum Gasteiger partial charge on any atom is 0.120 e. The highest BCUT2D eigenvalue weighted by Gasteiger charge is 2.17. The maximum atomic E-state index is 6.07. The summed E-state index contributed by atoms with van der Waals surface area (Å²) >= 11 is 1.80. The fourth-order valence-electron chi connectivity index (χ4n) is 1.78. The highest BCUT2D eigenvalue weighted by molar-refractivity contribution is 7.15. The van der Waals surface area contributed by atoms with Gasteiger partial charge in [-0.25, -0.2) is 0 Å². The van der Waals surface area contributed by atoms with Gasteiger partial charge in [0, 0.05) is 27.1 Å². The standard InChI is InChI=1S/C15H19NOS/c1-15(2,3)14-8-7-13(18-14)11-6-5-10(17-4)9-12(11)16/h5-9H,16H2,1-4H3. The van der Waals surface area contributed by atoms with Crippen molar-refractivity contribution in [2.24, 2.45) is 0 Å². The number of ether oxygens (including phenoxy) is 1. The third-order valence-corrected chi connectivity index (χ3v) is 4.41. The molecular weight excluding hydrogens is 242 g/mol. The SMILES string of the molecule is COc1ccc(-c2ccc(C(C)(C)C)s2)c(N)c1. The molecule has 0 aliphatic rings. The van der Waals surface area contributed by atoms with Gasteiger partial charge in [0.25, 0.3) is 0 Å². The Hall–Kier alpha value is -1.48. The zero-order valence-corrected chi connectivity index (χ0v) is 12.1. The van der Waals surface area contributed by atoms with E-state index in [0.717, 1.165) is 17.0 Å². The van der Waals surface area contributed by atoms with Gasteiger partial charge in [0.15, 0.2) is 0 Å². The average molecular weight is 261 g/mol. The van der Waals surface area contributed by atoms with Crippen molar-refractivity contribution in [3.63, 3.8) is 0 Å². The van der Waals surface area contributed by atoms with Crippen molar-refractivity contribution in [1.29, 1.82) is 0 Å². The van der Waals surface area contributed by atoms with Gasteiger partial charge in [-0.05, 0) is 29.7 Å². The second-order valence-electron chi connectivity index (χ2n) is 5.37. The van der Waals surface area contributed by atoms with E-state index in [0.29, 0.717) is 0 Å². The van der Waals surface area contributed by atoms with Crippen LogP contribution < -0.4 is 10.5 Å². The monoisotopic (exact) mass is 261 g/mol.